The van der Waals surface area contributed by atoms with Gasteiger partial charge < -0.3 is 0 Å². The lowest BCUT2D eigenvalue weighted by molar-refractivity contribution is -0.948. The third kappa shape index (κ3) is 4.66. The zero-order valence-electron chi connectivity index (χ0n) is 14.8. The normalized spacial score (nSPS) is 36.1. The maximum absolute atomic E-state index is 2.73. The number of quaternary nitrogens is 1. The van der Waals surface area contributed by atoms with Crippen molar-refractivity contribution in [2.75, 3.05) is 45.4 Å². The Morgan fingerprint density at radius 2 is 1.32 bits per heavy atom. The fourth-order valence-electron chi connectivity index (χ4n) is 4.80. The zero-order valence-corrected chi connectivity index (χ0v) is 15.7. The quantitative estimate of drug-likeness (QED) is 0.311. The first kappa shape index (κ1) is 17.1. The lowest BCUT2D eigenvalue weighted by Gasteiger charge is -2.60. The molecule has 3 nitrogen and oxygen atoms in total. The van der Waals surface area contributed by atoms with E-state index in [0.717, 1.165) is 0 Å². The third-order valence-corrected chi connectivity index (χ3v) is 8.29. The van der Waals surface area contributed by atoms with Crippen molar-refractivity contribution in [3.8, 4) is 0 Å². The van der Waals surface area contributed by atoms with E-state index in [4.69, 9.17) is 0 Å². The van der Waals surface area contributed by atoms with E-state index >= 15 is 0 Å². The largest absolute Gasteiger partial charge is 0.295 e. The molecule has 0 amide bonds. The summed E-state index contributed by atoms with van der Waals surface area (Å²) < 4.78 is 1.43. The predicted octanol–water partition coefficient (Wildman–Crippen LogP) is 4.60. The molecule has 128 valence electrons. The van der Waals surface area contributed by atoms with Crippen molar-refractivity contribution in [3.05, 3.63) is 0 Å². The van der Waals surface area contributed by atoms with E-state index in [1.165, 1.54) is 108 Å². The molecule has 0 aromatic heterocycles. The topological polar surface area (TPSA) is 6.48 Å². The van der Waals surface area contributed by atoms with Gasteiger partial charge in [-0.05, 0) is 20.8 Å². The van der Waals surface area contributed by atoms with Crippen molar-refractivity contribution in [2.24, 2.45) is 0 Å². The second-order valence-corrected chi connectivity index (χ2v) is 10.3. The Hall–Kier alpha value is 0.310. The third-order valence-electron chi connectivity index (χ3n) is 5.69. The summed E-state index contributed by atoms with van der Waals surface area (Å²) >= 11 is 0. The van der Waals surface area contributed by atoms with E-state index in [9.17, 15) is 0 Å². The molecule has 0 radical (unpaired) electrons. The summed E-state index contributed by atoms with van der Waals surface area (Å²) in [4.78, 5) is 5.47. The second-order valence-electron chi connectivity index (χ2n) is 8.11. The highest BCUT2D eigenvalue weighted by Gasteiger charge is 2.48. The van der Waals surface area contributed by atoms with Crippen LogP contribution in [0.25, 0.3) is 0 Å². The summed E-state index contributed by atoms with van der Waals surface area (Å²) in [6.07, 6.45) is 19.1. The fraction of sp³-hybridized carbons (Fsp3) is 1.00. The molecule has 0 spiro atoms. The summed E-state index contributed by atoms with van der Waals surface area (Å²) in [6.45, 7) is 7.77. The summed E-state index contributed by atoms with van der Waals surface area (Å²) in [5.74, 6) is 0. The number of rotatable bonds is 11. The van der Waals surface area contributed by atoms with Gasteiger partial charge in [-0.25, -0.2) is 9.80 Å². The Bertz CT molecular complexity index is 299. The van der Waals surface area contributed by atoms with Crippen molar-refractivity contribution < 1.29 is 4.48 Å². The molecule has 4 bridgehead atoms. The van der Waals surface area contributed by atoms with Gasteiger partial charge in [0.25, 0.3) is 0 Å². The van der Waals surface area contributed by atoms with Gasteiger partial charge in [-0.1, -0.05) is 58.3 Å². The Kier molecular flexibility index (Phi) is 6.56. The molecule has 4 aliphatic heterocycles. The van der Waals surface area contributed by atoms with Crippen molar-refractivity contribution >= 4 is 7.92 Å². The average Bonchev–Trinajstić information content (AvgIpc) is 2.48. The van der Waals surface area contributed by atoms with E-state index in [2.05, 4.69) is 16.7 Å². The second kappa shape index (κ2) is 8.42. The summed E-state index contributed by atoms with van der Waals surface area (Å²) in [7, 11) is 0.326. The Labute approximate surface area is 139 Å². The van der Waals surface area contributed by atoms with E-state index in [-0.39, 0.29) is 0 Å². The number of unbranched alkanes of at least 4 members (excludes halogenated alkanes) is 9. The van der Waals surface area contributed by atoms with E-state index in [1.807, 2.05) is 0 Å². The van der Waals surface area contributed by atoms with Gasteiger partial charge in [-0.3, -0.25) is 4.48 Å². The minimum atomic E-state index is 0.326. The molecule has 4 saturated heterocycles. The van der Waals surface area contributed by atoms with Crippen LogP contribution in [0, 0.1) is 0 Å². The molecule has 2 unspecified atom stereocenters. The van der Waals surface area contributed by atoms with Crippen molar-refractivity contribution in [3.63, 3.8) is 0 Å². The molecule has 2 atom stereocenters. The molecule has 0 N–H and O–H groups in total. The molecule has 4 rings (SSSR count). The van der Waals surface area contributed by atoms with Gasteiger partial charge in [-0.2, -0.15) is 0 Å². The summed E-state index contributed by atoms with van der Waals surface area (Å²) in [5, 5.41) is 0. The maximum Gasteiger partial charge on any atom is 0.137 e. The van der Waals surface area contributed by atoms with Crippen molar-refractivity contribution in [1.29, 1.82) is 0 Å². The number of hydrogen-bond donors (Lipinski definition) is 0. The SMILES string of the molecule is CCCCCCCCCCCC[N+]12CN3CN(CP(C3)C1)C2. The molecule has 4 fully saturated rings. The van der Waals surface area contributed by atoms with Gasteiger partial charge in [0.15, 0.2) is 0 Å². The maximum atomic E-state index is 2.73. The van der Waals surface area contributed by atoms with Crippen LogP contribution < -0.4 is 0 Å². The zero-order chi connectivity index (χ0) is 15.3. The van der Waals surface area contributed by atoms with Crippen molar-refractivity contribution in [2.45, 2.75) is 71.1 Å². The van der Waals surface area contributed by atoms with Crippen LogP contribution in [-0.4, -0.2) is 59.7 Å². The number of nitrogens with zero attached hydrogens (tertiary/aromatic N) is 3. The Morgan fingerprint density at radius 3 is 1.86 bits per heavy atom. The molecule has 0 aromatic carbocycles. The monoisotopic (exact) mass is 326 g/mol. The molecule has 0 saturated carbocycles. The first-order valence-corrected chi connectivity index (χ1v) is 11.7. The predicted molar refractivity (Wildman–Crippen MR) is 96.8 cm³/mol. The van der Waals surface area contributed by atoms with E-state index in [1.54, 1.807) is 6.29 Å². The van der Waals surface area contributed by atoms with Gasteiger partial charge in [-0.15, -0.1) is 0 Å². The van der Waals surface area contributed by atoms with E-state index < -0.39 is 0 Å². The molecule has 4 heteroatoms. The fourth-order valence-corrected chi connectivity index (χ4v) is 7.73. The highest BCUT2D eigenvalue weighted by molar-refractivity contribution is 7.57. The van der Waals surface area contributed by atoms with Crippen LogP contribution >= 0.6 is 7.92 Å². The van der Waals surface area contributed by atoms with Gasteiger partial charge in [0.05, 0.1) is 13.2 Å². The van der Waals surface area contributed by atoms with Crippen LogP contribution in [0.15, 0.2) is 0 Å². The number of hydrogen-bond acceptors (Lipinski definition) is 2. The molecule has 0 aliphatic carbocycles. The lowest BCUT2D eigenvalue weighted by atomic mass is 10.1. The van der Waals surface area contributed by atoms with Gasteiger partial charge in [0.1, 0.15) is 19.6 Å². The summed E-state index contributed by atoms with van der Waals surface area (Å²) in [6, 6.07) is 0. The molecule has 22 heavy (non-hydrogen) atoms. The highest BCUT2D eigenvalue weighted by atomic mass is 31.1. The average molecular weight is 326 g/mol. The van der Waals surface area contributed by atoms with Crippen LogP contribution in [0.3, 0.4) is 0 Å². The first-order chi connectivity index (χ1) is 10.8. The van der Waals surface area contributed by atoms with Crippen LogP contribution in [-0.2, 0) is 0 Å². The molecular formula is C18H37N3P+. The van der Waals surface area contributed by atoms with Gasteiger partial charge in [0.2, 0.25) is 0 Å². The van der Waals surface area contributed by atoms with E-state index in [0.29, 0.717) is 7.92 Å². The summed E-state index contributed by atoms with van der Waals surface area (Å²) in [5.41, 5.74) is 0. The van der Waals surface area contributed by atoms with Crippen LogP contribution in [0.1, 0.15) is 71.1 Å². The van der Waals surface area contributed by atoms with Crippen molar-refractivity contribution in [1.82, 2.24) is 9.80 Å². The van der Waals surface area contributed by atoms with Crippen LogP contribution in [0.4, 0.5) is 0 Å². The highest BCUT2D eigenvalue weighted by Crippen LogP contribution is 2.50. The standard InChI is InChI=1S/C18H37N3P/c1-2-3-4-5-6-7-8-9-10-11-12-21-14-19-13-20(15-21)17-22(16-19)18-21/h2-18H2,1H3/q+1. The molecule has 4 heterocycles. The minimum absolute atomic E-state index is 0.326. The first-order valence-electron chi connectivity index (χ1n) is 9.82. The lowest BCUT2D eigenvalue weighted by Crippen LogP contribution is -2.71. The van der Waals surface area contributed by atoms with Crippen LogP contribution in [0.5, 0.6) is 0 Å². The smallest absolute Gasteiger partial charge is 0.137 e. The van der Waals surface area contributed by atoms with Gasteiger partial charge >= 0.3 is 0 Å². The van der Waals surface area contributed by atoms with Gasteiger partial charge in [0, 0.05) is 12.6 Å². The van der Waals surface area contributed by atoms with Crippen LogP contribution in [0.2, 0.25) is 0 Å². The Morgan fingerprint density at radius 1 is 0.773 bits per heavy atom. The molecule has 0 aromatic rings. The molecular weight excluding hydrogens is 289 g/mol. The molecule has 4 aliphatic rings. The Balaban J connectivity index is 1.22. The minimum Gasteiger partial charge on any atom is -0.295 e.